The second kappa shape index (κ2) is 4.76. The van der Waals surface area contributed by atoms with E-state index in [0.29, 0.717) is 5.56 Å². The van der Waals surface area contributed by atoms with Gasteiger partial charge in [-0.3, -0.25) is 14.5 Å². The van der Waals surface area contributed by atoms with Gasteiger partial charge < -0.3 is 0 Å². The number of aromatic nitrogens is 4. The molecule has 1 aromatic carbocycles. The monoisotopic (exact) mass is 309 g/mol. The predicted octanol–water partition coefficient (Wildman–Crippen LogP) is 2.72. The van der Waals surface area contributed by atoms with Crippen molar-refractivity contribution in [2.75, 3.05) is 0 Å². The SMILES string of the molecule is O=[N+]([O-])c1ccc(-c2nnc3nc(C(F)(F)F)ccn23)cc1. The number of fused-ring (bicyclic) bond motifs is 1. The molecule has 7 nitrogen and oxygen atoms in total. The molecule has 0 aliphatic rings. The number of alkyl halides is 3. The minimum atomic E-state index is -4.57. The van der Waals surface area contributed by atoms with Crippen LogP contribution in [0.2, 0.25) is 0 Å². The summed E-state index contributed by atoms with van der Waals surface area (Å²) in [6, 6.07) is 6.23. The Kier molecular flexibility index (Phi) is 3.01. The number of hydrogen-bond donors (Lipinski definition) is 0. The summed E-state index contributed by atoms with van der Waals surface area (Å²) in [5.74, 6) is 0.0364. The molecule has 0 aliphatic carbocycles. The van der Waals surface area contributed by atoms with Crippen molar-refractivity contribution in [1.29, 1.82) is 0 Å². The maximum atomic E-state index is 12.6. The molecule has 0 amide bonds. The van der Waals surface area contributed by atoms with Crippen LogP contribution < -0.4 is 0 Å². The first kappa shape index (κ1) is 13.9. The molecule has 0 aliphatic heterocycles. The van der Waals surface area contributed by atoms with E-state index in [4.69, 9.17) is 0 Å². The average Bonchev–Trinajstić information content (AvgIpc) is 2.89. The molecule has 0 fully saturated rings. The first-order valence-electron chi connectivity index (χ1n) is 5.90. The van der Waals surface area contributed by atoms with Gasteiger partial charge in [0.1, 0.15) is 5.69 Å². The molecule has 0 atom stereocenters. The Morgan fingerprint density at radius 3 is 2.36 bits per heavy atom. The smallest absolute Gasteiger partial charge is 0.266 e. The van der Waals surface area contributed by atoms with Crippen LogP contribution in [-0.2, 0) is 6.18 Å². The van der Waals surface area contributed by atoms with Crippen LogP contribution >= 0.6 is 0 Å². The number of nitro groups is 1. The lowest BCUT2D eigenvalue weighted by atomic mass is 10.2. The van der Waals surface area contributed by atoms with E-state index in [1.165, 1.54) is 28.7 Å². The van der Waals surface area contributed by atoms with Gasteiger partial charge in [0.25, 0.3) is 11.5 Å². The van der Waals surface area contributed by atoms with Gasteiger partial charge in [0, 0.05) is 23.9 Å². The van der Waals surface area contributed by atoms with Crippen LogP contribution in [0.5, 0.6) is 0 Å². The van der Waals surface area contributed by atoms with Crippen LogP contribution in [0, 0.1) is 10.1 Å². The molecule has 0 radical (unpaired) electrons. The average molecular weight is 309 g/mol. The highest BCUT2D eigenvalue weighted by atomic mass is 19.4. The third-order valence-electron chi connectivity index (χ3n) is 2.91. The number of hydrogen-bond acceptors (Lipinski definition) is 5. The fraction of sp³-hybridized carbons (Fsp3) is 0.0833. The highest BCUT2D eigenvalue weighted by Gasteiger charge is 2.33. The minimum absolute atomic E-state index is 0.102. The van der Waals surface area contributed by atoms with Crippen molar-refractivity contribution in [2.45, 2.75) is 6.18 Å². The summed E-state index contributed by atoms with van der Waals surface area (Å²) >= 11 is 0. The molecule has 0 N–H and O–H groups in total. The second-order valence-electron chi connectivity index (χ2n) is 4.31. The van der Waals surface area contributed by atoms with Crippen molar-refractivity contribution in [2.24, 2.45) is 0 Å². The van der Waals surface area contributed by atoms with Gasteiger partial charge >= 0.3 is 6.18 Å². The first-order chi connectivity index (χ1) is 10.4. The molecule has 22 heavy (non-hydrogen) atoms. The number of nitro benzene ring substituents is 1. The molecule has 3 rings (SSSR count). The van der Waals surface area contributed by atoms with Gasteiger partial charge in [-0.1, -0.05) is 0 Å². The van der Waals surface area contributed by atoms with Gasteiger partial charge in [0.05, 0.1) is 4.92 Å². The van der Waals surface area contributed by atoms with Crippen LogP contribution in [0.1, 0.15) is 5.69 Å². The van der Waals surface area contributed by atoms with Gasteiger partial charge in [-0.15, -0.1) is 10.2 Å². The molecule has 3 aromatic rings. The lowest BCUT2D eigenvalue weighted by molar-refractivity contribution is -0.384. The lowest BCUT2D eigenvalue weighted by Gasteiger charge is -2.05. The molecule has 10 heteroatoms. The normalized spacial score (nSPS) is 11.8. The number of rotatable bonds is 2. The summed E-state index contributed by atoms with van der Waals surface area (Å²) in [7, 11) is 0. The molecule has 0 saturated heterocycles. The van der Waals surface area contributed by atoms with Crippen molar-refractivity contribution < 1.29 is 18.1 Å². The summed E-state index contributed by atoms with van der Waals surface area (Å²) in [6.07, 6.45) is -3.41. The van der Waals surface area contributed by atoms with E-state index in [0.717, 1.165) is 12.3 Å². The zero-order chi connectivity index (χ0) is 15.9. The summed E-state index contributed by atoms with van der Waals surface area (Å²) < 4.78 is 39.0. The van der Waals surface area contributed by atoms with Crippen LogP contribution in [0.25, 0.3) is 17.2 Å². The molecular formula is C12H6F3N5O2. The van der Waals surface area contributed by atoms with E-state index >= 15 is 0 Å². The second-order valence-corrected chi connectivity index (χ2v) is 4.31. The fourth-order valence-corrected chi connectivity index (χ4v) is 1.87. The van der Waals surface area contributed by atoms with Crippen molar-refractivity contribution in [3.63, 3.8) is 0 Å². The zero-order valence-electron chi connectivity index (χ0n) is 10.7. The number of benzene rings is 1. The first-order valence-corrected chi connectivity index (χ1v) is 5.90. The number of nitrogens with zero attached hydrogens (tertiary/aromatic N) is 5. The van der Waals surface area contributed by atoms with Crippen molar-refractivity contribution >= 4 is 11.5 Å². The van der Waals surface area contributed by atoms with Gasteiger partial charge in [0.2, 0.25) is 0 Å². The van der Waals surface area contributed by atoms with Crippen molar-refractivity contribution in [3.05, 3.63) is 52.3 Å². The Morgan fingerprint density at radius 2 is 1.77 bits per heavy atom. The van der Waals surface area contributed by atoms with E-state index in [1.807, 2.05) is 0 Å². The minimum Gasteiger partial charge on any atom is -0.266 e. The van der Waals surface area contributed by atoms with Gasteiger partial charge in [-0.25, -0.2) is 4.98 Å². The summed E-state index contributed by atoms with van der Waals surface area (Å²) in [4.78, 5) is 13.4. The van der Waals surface area contributed by atoms with Crippen LogP contribution in [0.15, 0.2) is 36.5 Å². The quantitative estimate of drug-likeness (QED) is 0.536. The van der Waals surface area contributed by atoms with E-state index in [-0.39, 0.29) is 17.3 Å². The Labute approximate surface area is 120 Å². The van der Waals surface area contributed by atoms with Crippen LogP contribution in [-0.4, -0.2) is 24.5 Å². The summed E-state index contributed by atoms with van der Waals surface area (Å²) in [5.41, 5.74) is -0.697. The third kappa shape index (κ3) is 2.34. The Morgan fingerprint density at radius 1 is 1.09 bits per heavy atom. The Balaban J connectivity index is 2.06. The number of halogens is 3. The number of non-ortho nitro benzene ring substituents is 1. The van der Waals surface area contributed by atoms with Gasteiger partial charge in [-0.05, 0) is 18.2 Å². The molecule has 0 spiro atoms. The summed E-state index contributed by atoms with van der Waals surface area (Å²) in [6.45, 7) is 0. The molecule has 2 aromatic heterocycles. The third-order valence-corrected chi connectivity index (χ3v) is 2.91. The zero-order valence-corrected chi connectivity index (χ0v) is 10.7. The molecule has 2 heterocycles. The van der Waals surface area contributed by atoms with Crippen molar-refractivity contribution in [1.82, 2.24) is 19.6 Å². The molecule has 0 saturated carbocycles. The van der Waals surface area contributed by atoms with E-state index < -0.39 is 16.8 Å². The Hall–Kier alpha value is -3.04. The maximum Gasteiger partial charge on any atom is 0.433 e. The molecule has 0 unspecified atom stereocenters. The van der Waals surface area contributed by atoms with Crippen LogP contribution in [0.3, 0.4) is 0 Å². The molecular weight excluding hydrogens is 303 g/mol. The van der Waals surface area contributed by atoms with Gasteiger partial charge in [-0.2, -0.15) is 13.2 Å². The van der Waals surface area contributed by atoms with Crippen LogP contribution in [0.4, 0.5) is 18.9 Å². The molecule has 0 bridgehead atoms. The largest absolute Gasteiger partial charge is 0.433 e. The highest BCUT2D eigenvalue weighted by Crippen LogP contribution is 2.28. The lowest BCUT2D eigenvalue weighted by Crippen LogP contribution is -2.09. The fourth-order valence-electron chi connectivity index (χ4n) is 1.87. The van der Waals surface area contributed by atoms with Crippen molar-refractivity contribution in [3.8, 4) is 11.4 Å². The topological polar surface area (TPSA) is 86.2 Å². The van der Waals surface area contributed by atoms with E-state index in [2.05, 4.69) is 15.2 Å². The maximum absolute atomic E-state index is 12.6. The summed E-state index contributed by atoms with van der Waals surface area (Å²) in [5, 5.41) is 18.0. The predicted molar refractivity (Wildman–Crippen MR) is 67.9 cm³/mol. The molecule has 112 valence electrons. The van der Waals surface area contributed by atoms with Gasteiger partial charge in [0.15, 0.2) is 5.82 Å². The highest BCUT2D eigenvalue weighted by molar-refractivity contribution is 5.60. The van der Waals surface area contributed by atoms with E-state index in [1.54, 1.807) is 0 Å². The standard InChI is InChI=1S/C12H6F3N5O2/c13-12(14,15)9-5-6-19-10(17-18-11(19)16-9)7-1-3-8(4-2-7)20(21)22/h1-6H. The van der Waals surface area contributed by atoms with E-state index in [9.17, 15) is 23.3 Å². The Bertz CT molecular complexity index is 857.